The molecule has 1 saturated heterocycles. The maximum absolute atomic E-state index is 6.03. The minimum Gasteiger partial charge on any atom is -0.497 e. The second-order valence-electron chi connectivity index (χ2n) is 6.89. The highest BCUT2D eigenvalue weighted by Crippen LogP contribution is 2.20. The number of benzene rings is 1. The van der Waals surface area contributed by atoms with Crippen LogP contribution in [0.5, 0.6) is 5.75 Å². The van der Waals surface area contributed by atoms with Crippen LogP contribution in [0.3, 0.4) is 0 Å². The second kappa shape index (κ2) is 11.6. The number of hydrogen-bond donors (Lipinski definition) is 2. The van der Waals surface area contributed by atoms with Gasteiger partial charge >= 0.3 is 0 Å². The van der Waals surface area contributed by atoms with E-state index in [1.54, 1.807) is 18.4 Å². The largest absolute Gasteiger partial charge is 0.497 e. The van der Waals surface area contributed by atoms with Gasteiger partial charge in [0.15, 0.2) is 5.96 Å². The van der Waals surface area contributed by atoms with E-state index in [1.165, 1.54) is 10.7 Å². The molecule has 0 atom stereocenters. The summed E-state index contributed by atoms with van der Waals surface area (Å²) >= 11 is 1.77. The Kier molecular flexibility index (Phi) is 9.46. The molecule has 0 spiro atoms. The van der Waals surface area contributed by atoms with Crippen LogP contribution in [0.25, 0.3) is 0 Å². The fourth-order valence-corrected chi connectivity index (χ4v) is 3.97. The minimum absolute atomic E-state index is 0. The Morgan fingerprint density at radius 1 is 1.32 bits per heavy atom. The molecule has 1 aliphatic heterocycles. The van der Waals surface area contributed by atoms with Gasteiger partial charge in [0, 0.05) is 24.2 Å². The van der Waals surface area contributed by atoms with Crippen molar-refractivity contribution in [3.63, 3.8) is 0 Å². The highest BCUT2D eigenvalue weighted by Gasteiger charge is 2.19. The highest BCUT2D eigenvalue weighted by molar-refractivity contribution is 14.0. The summed E-state index contributed by atoms with van der Waals surface area (Å²) in [5.41, 5.74) is 8.16. The molecule has 0 bridgehead atoms. The fourth-order valence-electron chi connectivity index (χ4n) is 3.23. The number of likely N-dealkylation sites (tertiary alicyclic amines) is 1. The number of halogens is 1. The van der Waals surface area contributed by atoms with Crippen molar-refractivity contribution in [1.29, 1.82) is 0 Å². The quantitative estimate of drug-likeness (QED) is 0.332. The third-order valence-corrected chi connectivity index (χ3v) is 5.92. The molecule has 3 rings (SSSR count). The Bertz CT molecular complexity index is 741. The SMILES string of the molecule is CCc1nc(CN2CCC(CN=C(N)Nc3ccc(OC)cc3)CC2)cs1.I. The van der Waals surface area contributed by atoms with Crippen molar-refractivity contribution in [3.05, 3.63) is 40.3 Å². The molecule has 1 fully saturated rings. The Morgan fingerprint density at radius 3 is 2.64 bits per heavy atom. The Hall–Kier alpha value is -1.39. The maximum Gasteiger partial charge on any atom is 0.193 e. The van der Waals surface area contributed by atoms with E-state index in [1.807, 2.05) is 24.3 Å². The third-order valence-electron chi connectivity index (χ3n) is 4.88. The normalized spacial score (nSPS) is 15.9. The molecule has 0 radical (unpaired) electrons. The molecule has 0 saturated carbocycles. The molecular formula is C20H30IN5OS. The summed E-state index contributed by atoms with van der Waals surface area (Å²) in [6.07, 6.45) is 3.34. The van der Waals surface area contributed by atoms with Gasteiger partial charge in [-0.25, -0.2) is 4.98 Å². The van der Waals surface area contributed by atoms with Crippen LogP contribution >= 0.6 is 35.3 Å². The molecule has 1 aliphatic rings. The van der Waals surface area contributed by atoms with E-state index < -0.39 is 0 Å². The summed E-state index contributed by atoms with van der Waals surface area (Å²) in [7, 11) is 1.66. The number of rotatable bonds is 7. The van der Waals surface area contributed by atoms with Gasteiger partial charge in [-0.05, 0) is 62.5 Å². The molecule has 0 unspecified atom stereocenters. The number of piperidine rings is 1. The van der Waals surface area contributed by atoms with Crippen molar-refractivity contribution in [3.8, 4) is 5.75 Å². The van der Waals surface area contributed by atoms with Crippen molar-refractivity contribution in [1.82, 2.24) is 9.88 Å². The van der Waals surface area contributed by atoms with Gasteiger partial charge in [-0.2, -0.15) is 0 Å². The first-order valence-electron chi connectivity index (χ1n) is 9.53. The first kappa shape index (κ1) is 22.9. The van der Waals surface area contributed by atoms with E-state index in [4.69, 9.17) is 10.5 Å². The highest BCUT2D eigenvalue weighted by atomic mass is 127. The summed E-state index contributed by atoms with van der Waals surface area (Å²) in [5, 5.41) is 6.56. The predicted octanol–water partition coefficient (Wildman–Crippen LogP) is 3.97. The van der Waals surface area contributed by atoms with Gasteiger partial charge in [0.2, 0.25) is 0 Å². The fraction of sp³-hybridized carbons (Fsp3) is 0.500. The number of ether oxygens (including phenoxy) is 1. The van der Waals surface area contributed by atoms with Gasteiger partial charge in [0.05, 0.1) is 17.8 Å². The lowest BCUT2D eigenvalue weighted by Gasteiger charge is -2.30. The van der Waals surface area contributed by atoms with E-state index in [-0.39, 0.29) is 24.0 Å². The van der Waals surface area contributed by atoms with Gasteiger partial charge in [-0.3, -0.25) is 9.89 Å². The molecule has 1 aromatic carbocycles. The maximum atomic E-state index is 6.03. The standard InChI is InChI=1S/C20H29N5OS.HI/c1-3-19-23-17(14-27-19)13-25-10-8-15(9-11-25)12-22-20(21)24-16-4-6-18(26-2)7-5-16;/h4-7,14-15H,3,8-13H2,1-2H3,(H3,21,22,24);1H. The topological polar surface area (TPSA) is 75.8 Å². The van der Waals surface area contributed by atoms with Crippen LogP contribution in [-0.2, 0) is 13.0 Å². The Labute approximate surface area is 188 Å². The average molecular weight is 515 g/mol. The Balaban J connectivity index is 0.00000280. The molecule has 28 heavy (non-hydrogen) atoms. The van der Waals surface area contributed by atoms with Crippen LogP contribution in [-0.4, -0.2) is 42.6 Å². The number of aromatic nitrogens is 1. The van der Waals surface area contributed by atoms with Gasteiger partial charge in [-0.1, -0.05) is 6.92 Å². The van der Waals surface area contributed by atoms with E-state index in [2.05, 4.69) is 32.5 Å². The summed E-state index contributed by atoms with van der Waals surface area (Å²) < 4.78 is 5.16. The van der Waals surface area contributed by atoms with E-state index >= 15 is 0 Å². The zero-order valence-electron chi connectivity index (χ0n) is 16.6. The predicted molar refractivity (Wildman–Crippen MR) is 128 cm³/mol. The number of aliphatic imine (C=N–C) groups is 1. The molecule has 2 heterocycles. The number of hydrogen-bond acceptors (Lipinski definition) is 5. The van der Waals surface area contributed by atoms with Crippen molar-refractivity contribution >= 4 is 47.0 Å². The number of thiazole rings is 1. The van der Waals surface area contributed by atoms with Crippen molar-refractivity contribution in [2.45, 2.75) is 32.7 Å². The first-order chi connectivity index (χ1) is 13.2. The van der Waals surface area contributed by atoms with Crippen molar-refractivity contribution in [2.75, 3.05) is 32.1 Å². The van der Waals surface area contributed by atoms with Crippen LogP contribution in [0, 0.1) is 5.92 Å². The number of nitrogens with zero attached hydrogens (tertiary/aromatic N) is 3. The van der Waals surface area contributed by atoms with Gasteiger partial charge in [0.1, 0.15) is 5.75 Å². The summed E-state index contributed by atoms with van der Waals surface area (Å²) in [4.78, 5) is 11.7. The number of aryl methyl sites for hydroxylation is 1. The number of nitrogens with two attached hydrogens (primary N) is 1. The Morgan fingerprint density at radius 2 is 2.04 bits per heavy atom. The number of nitrogens with one attached hydrogen (secondary N) is 1. The molecule has 2 aromatic rings. The zero-order valence-corrected chi connectivity index (χ0v) is 19.7. The van der Waals surface area contributed by atoms with E-state index in [0.29, 0.717) is 11.9 Å². The second-order valence-corrected chi connectivity index (χ2v) is 7.83. The molecule has 1 aromatic heterocycles. The first-order valence-corrected chi connectivity index (χ1v) is 10.4. The number of methoxy groups -OCH3 is 1. The zero-order chi connectivity index (χ0) is 19.1. The van der Waals surface area contributed by atoms with E-state index in [9.17, 15) is 0 Å². The molecule has 0 aliphatic carbocycles. The van der Waals surface area contributed by atoms with Crippen LogP contribution in [0.2, 0.25) is 0 Å². The molecule has 3 N–H and O–H groups in total. The van der Waals surface area contributed by atoms with Crippen LogP contribution < -0.4 is 15.8 Å². The monoisotopic (exact) mass is 515 g/mol. The molecular weight excluding hydrogens is 485 g/mol. The van der Waals surface area contributed by atoms with Crippen LogP contribution in [0.1, 0.15) is 30.5 Å². The molecule has 8 heteroatoms. The summed E-state index contributed by atoms with van der Waals surface area (Å²) in [6, 6.07) is 7.67. The van der Waals surface area contributed by atoms with Crippen molar-refractivity contribution < 1.29 is 4.74 Å². The lowest BCUT2D eigenvalue weighted by atomic mass is 9.97. The van der Waals surface area contributed by atoms with E-state index in [0.717, 1.165) is 56.9 Å². The lowest BCUT2D eigenvalue weighted by Crippen LogP contribution is -2.34. The molecule has 6 nitrogen and oxygen atoms in total. The summed E-state index contributed by atoms with van der Waals surface area (Å²) in [6.45, 7) is 6.10. The third kappa shape index (κ3) is 6.89. The minimum atomic E-state index is 0. The van der Waals surface area contributed by atoms with Crippen molar-refractivity contribution in [2.24, 2.45) is 16.6 Å². The van der Waals surface area contributed by atoms with Crippen LogP contribution in [0.15, 0.2) is 34.6 Å². The smallest absolute Gasteiger partial charge is 0.193 e. The van der Waals surface area contributed by atoms with Gasteiger partial charge in [-0.15, -0.1) is 35.3 Å². The van der Waals surface area contributed by atoms with Gasteiger partial charge < -0.3 is 15.8 Å². The number of anilines is 1. The lowest BCUT2D eigenvalue weighted by molar-refractivity contribution is 0.179. The summed E-state index contributed by atoms with van der Waals surface area (Å²) in [5.74, 6) is 1.89. The average Bonchev–Trinajstić information content (AvgIpc) is 3.15. The molecule has 154 valence electrons. The van der Waals surface area contributed by atoms with Gasteiger partial charge in [0.25, 0.3) is 0 Å². The number of guanidine groups is 1. The van der Waals surface area contributed by atoms with Crippen LogP contribution in [0.4, 0.5) is 5.69 Å². The molecule has 0 amide bonds.